The fourth-order valence-corrected chi connectivity index (χ4v) is 3.99. The molecule has 20 heavy (non-hydrogen) atoms. The molecular formula is C17H31N3. The van der Waals surface area contributed by atoms with E-state index in [2.05, 4.69) is 30.3 Å². The monoisotopic (exact) mass is 277 g/mol. The minimum absolute atomic E-state index is 0.249. The van der Waals surface area contributed by atoms with E-state index in [1.54, 1.807) is 0 Å². The Bertz CT molecular complexity index is 330. The Morgan fingerprint density at radius 2 is 2.00 bits per heavy atom. The Balaban J connectivity index is 1.82. The lowest BCUT2D eigenvalue weighted by molar-refractivity contribution is 0.179. The normalized spacial score (nSPS) is 31.6. The Morgan fingerprint density at radius 1 is 1.25 bits per heavy atom. The maximum absolute atomic E-state index is 9.53. The zero-order valence-electron chi connectivity index (χ0n) is 13.3. The molecule has 2 saturated carbocycles. The lowest BCUT2D eigenvalue weighted by Gasteiger charge is -2.31. The maximum atomic E-state index is 9.53. The molecule has 0 bridgehead atoms. The lowest BCUT2D eigenvalue weighted by Crippen LogP contribution is -2.44. The van der Waals surface area contributed by atoms with E-state index in [0.29, 0.717) is 6.04 Å². The highest BCUT2D eigenvalue weighted by atomic mass is 15.1. The Hall–Kier alpha value is -0.590. The van der Waals surface area contributed by atoms with Gasteiger partial charge in [0.2, 0.25) is 0 Å². The SMILES string of the molecule is CCCNC1(C#N)CCC(N(C)CC2CCCCC2)C1. The third-order valence-corrected chi connectivity index (χ3v) is 5.31. The van der Waals surface area contributed by atoms with Crippen LogP contribution in [0.3, 0.4) is 0 Å². The summed E-state index contributed by atoms with van der Waals surface area (Å²) in [5.74, 6) is 0.898. The maximum Gasteiger partial charge on any atom is 0.108 e. The third kappa shape index (κ3) is 3.96. The number of hydrogen-bond acceptors (Lipinski definition) is 3. The van der Waals surface area contributed by atoms with Crippen molar-refractivity contribution < 1.29 is 0 Å². The van der Waals surface area contributed by atoms with Crippen LogP contribution in [-0.2, 0) is 0 Å². The number of nitriles is 1. The van der Waals surface area contributed by atoms with Gasteiger partial charge in [-0.3, -0.25) is 5.32 Å². The van der Waals surface area contributed by atoms with E-state index in [0.717, 1.165) is 31.7 Å². The van der Waals surface area contributed by atoms with Gasteiger partial charge in [-0.15, -0.1) is 0 Å². The number of nitrogens with zero attached hydrogens (tertiary/aromatic N) is 2. The van der Waals surface area contributed by atoms with Crippen LogP contribution in [0.5, 0.6) is 0 Å². The molecule has 0 aromatic heterocycles. The third-order valence-electron chi connectivity index (χ3n) is 5.31. The standard InChI is InChI=1S/C17H31N3/c1-3-11-19-17(14-18)10-9-16(12-17)20(2)13-15-7-5-4-6-8-15/h15-16,19H,3-13H2,1-2H3. The molecule has 1 N–H and O–H groups in total. The van der Waals surface area contributed by atoms with Gasteiger partial charge in [0, 0.05) is 12.6 Å². The van der Waals surface area contributed by atoms with Gasteiger partial charge in [0.15, 0.2) is 0 Å². The molecule has 0 heterocycles. The van der Waals surface area contributed by atoms with Gasteiger partial charge < -0.3 is 4.90 Å². The first-order valence-electron chi connectivity index (χ1n) is 8.55. The quantitative estimate of drug-likeness (QED) is 0.809. The van der Waals surface area contributed by atoms with Crippen LogP contribution in [-0.4, -0.2) is 36.6 Å². The zero-order chi connectivity index (χ0) is 14.4. The van der Waals surface area contributed by atoms with E-state index in [4.69, 9.17) is 0 Å². The summed E-state index contributed by atoms with van der Waals surface area (Å²) >= 11 is 0. The average Bonchev–Trinajstić information content (AvgIpc) is 2.91. The second kappa shape index (κ2) is 7.43. The van der Waals surface area contributed by atoms with Crippen molar-refractivity contribution in [3.05, 3.63) is 0 Å². The van der Waals surface area contributed by atoms with Gasteiger partial charge in [-0.1, -0.05) is 26.2 Å². The van der Waals surface area contributed by atoms with Gasteiger partial charge in [0.25, 0.3) is 0 Å². The van der Waals surface area contributed by atoms with Crippen molar-refractivity contribution in [3.63, 3.8) is 0 Å². The summed E-state index contributed by atoms with van der Waals surface area (Å²) in [6, 6.07) is 3.16. The Kier molecular flexibility index (Phi) is 5.86. The molecule has 0 saturated heterocycles. The molecule has 0 aromatic rings. The van der Waals surface area contributed by atoms with E-state index in [-0.39, 0.29) is 5.54 Å². The highest BCUT2D eigenvalue weighted by Crippen LogP contribution is 2.33. The van der Waals surface area contributed by atoms with E-state index < -0.39 is 0 Å². The molecule has 2 unspecified atom stereocenters. The summed E-state index contributed by atoms with van der Waals surface area (Å²) in [5.41, 5.74) is -0.249. The van der Waals surface area contributed by atoms with E-state index in [1.807, 2.05) is 0 Å². The fraction of sp³-hybridized carbons (Fsp3) is 0.941. The molecule has 0 aliphatic heterocycles. The summed E-state index contributed by atoms with van der Waals surface area (Å²) in [6.45, 7) is 4.37. The molecule has 2 aliphatic rings. The number of rotatable bonds is 6. The molecule has 3 nitrogen and oxygen atoms in total. The first-order valence-corrected chi connectivity index (χ1v) is 8.55. The van der Waals surface area contributed by atoms with Gasteiger partial charge in [0.05, 0.1) is 6.07 Å². The van der Waals surface area contributed by atoms with Crippen molar-refractivity contribution in [1.82, 2.24) is 10.2 Å². The van der Waals surface area contributed by atoms with Gasteiger partial charge >= 0.3 is 0 Å². The van der Waals surface area contributed by atoms with Crippen molar-refractivity contribution in [1.29, 1.82) is 5.26 Å². The summed E-state index contributed by atoms with van der Waals surface area (Å²) in [5, 5.41) is 13.0. The molecular weight excluding hydrogens is 246 g/mol. The van der Waals surface area contributed by atoms with E-state index in [1.165, 1.54) is 45.1 Å². The van der Waals surface area contributed by atoms with Gasteiger partial charge in [-0.05, 0) is 58.0 Å². The Morgan fingerprint density at radius 3 is 2.65 bits per heavy atom. The van der Waals surface area contributed by atoms with Crippen LogP contribution in [0.1, 0.15) is 64.7 Å². The van der Waals surface area contributed by atoms with Crippen LogP contribution in [0.15, 0.2) is 0 Å². The Labute approximate surface area is 124 Å². The first kappa shape index (κ1) is 15.8. The lowest BCUT2D eigenvalue weighted by atomic mass is 9.88. The van der Waals surface area contributed by atoms with Crippen LogP contribution in [0.4, 0.5) is 0 Å². The smallest absolute Gasteiger partial charge is 0.108 e. The fourth-order valence-electron chi connectivity index (χ4n) is 3.99. The van der Waals surface area contributed by atoms with Crippen molar-refractivity contribution in [2.75, 3.05) is 20.1 Å². The van der Waals surface area contributed by atoms with Crippen LogP contribution in [0.2, 0.25) is 0 Å². The van der Waals surface area contributed by atoms with Crippen LogP contribution < -0.4 is 5.32 Å². The van der Waals surface area contributed by atoms with Crippen LogP contribution >= 0.6 is 0 Å². The molecule has 0 amide bonds. The van der Waals surface area contributed by atoms with Crippen molar-refractivity contribution in [2.24, 2.45) is 5.92 Å². The summed E-state index contributed by atoms with van der Waals surface area (Å²) in [4.78, 5) is 2.54. The van der Waals surface area contributed by atoms with E-state index in [9.17, 15) is 5.26 Å². The number of nitrogens with one attached hydrogen (secondary N) is 1. The second-order valence-electron chi connectivity index (χ2n) is 6.96. The summed E-state index contributed by atoms with van der Waals surface area (Å²) in [6.07, 6.45) is 11.4. The average molecular weight is 277 g/mol. The predicted molar refractivity (Wildman–Crippen MR) is 83.5 cm³/mol. The molecule has 2 rings (SSSR count). The summed E-state index contributed by atoms with van der Waals surface area (Å²) < 4.78 is 0. The van der Waals surface area contributed by atoms with Crippen molar-refractivity contribution >= 4 is 0 Å². The minimum atomic E-state index is -0.249. The minimum Gasteiger partial charge on any atom is -0.303 e. The topological polar surface area (TPSA) is 39.1 Å². The van der Waals surface area contributed by atoms with Crippen molar-refractivity contribution in [2.45, 2.75) is 76.3 Å². The first-order chi connectivity index (χ1) is 9.69. The molecule has 2 atom stereocenters. The van der Waals surface area contributed by atoms with Gasteiger partial charge in [-0.25, -0.2) is 0 Å². The molecule has 3 heteroatoms. The molecule has 114 valence electrons. The second-order valence-corrected chi connectivity index (χ2v) is 6.96. The largest absolute Gasteiger partial charge is 0.303 e. The molecule has 0 spiro atoms. The van der Waals surface area contributed by atoms with Gasteiger partial charge in [-0.2, -0.15) is 5.26 Å². The van der Waals surface area contributed by atoms with Crippen LogP contribution in [0.25, 0.3) is 0 Å². The highest BCUT2D eigenvalue weighted by molar-refractivity contribution is 5.13. The molecule has 2 aliphatic carbocycles. The van der Waals surface area contributed by atoms with Crippen molar-refractivity contribution in [3.8, 4) is 6.07 Å². The zero-order valence-corrected chi connectivity index (χ0v) is 13.3. The van der Waals surface area contributed by atoms with Crippen LogP contribution in [0, 0.1) is 17.2 Å². The summed E-state index contributed by atoms with van der Waals surface area (Å²) in [7, 11) is 2.27. The molecule has 0 aromatic carbocycles. The highest BCUT2D eigenvalue weighted by Gasteiger charge is 2.40. The predicted octanol–water partition coefficient (Wildman–Crippen LogP) is 3.31. The molecule has 2 fully saturated rings. The molecule has 0 radical (unpaired) electrons. The van der Waals surface area contributed by atoms with Gasteiger partial charge in [0.1, 0.15) is 5.54 Å². The van der Waals surface area contributed by atoms with E-state index >= 15 is 0 Å². The number of hydrogen-bond donors (Lipinski definition) is 1.